The Bertz CT molecular complexity index is 666. The number of rotatable bonds is 4. The van der Waals surface area contributed by atoms with Gasteiger partial charge in [-0.05, 0) is 97.2 Å². The van der Waals surface area contributed by atoms with Gasteiger partial charge in [0.15, 0.2) is 0 Å². The predicted molar refractivity (Wildman–Crippen MR) is 115 cm³/mol. The Hall–Kier alpha value is -0.650. The first kappa shape index (κ1) is 22.5. The average Bonchev–Trinajstić information content (AvgIpc) is 3.01. The van der Waals surface area contributed by atoms with E-state index in [1.807, 2.05) is 0 Å². The van der Waals surface area contributed by atoms with Gasteiger partial charge in [-0.3, -0.25) is 4.79 Å². The second-order valence-corrected chi connectivity index (χ2v) is 11.9. The lowest BCUT2D eigenvalue weighted by atomic mass is 9.41. The molecule has 0 amide bonds. The maximum atomic E-state index is 11.6. The van der Waals surface area contributed by atoms with Gasteiger partial charge in [-0.2, -0.15) is 0 Å². The molecular weight excluding hydrogens is 380 g/mol. The number of carboxylic acid groups (broad SMARTS) is 1. The Kier molecular flexibility index (Phi) is 5.81. The molecule has 4 fully saturated rings. The fourth-order valence-corrected chi connectivity index (χ4v) is 9.15. The van der Waals surface area contributed by atoms with E-state index in [0.29, 0.717) is 24.2 Å². The van der Waals surface area contributed by atoms with Gasteiger partial charge in [-0.15, -0.1) is 0 Å². The number of hydrogen-bond acceptors (Lipinski definition) is 4. The third kappa shape index (κ3) is 3.17. The molecule has 0 bridgehead atoms. The lowest BCUT2D eigenvalue weighted by Crippen LogP contribution is -2.64. The molecule has 5 heteroatoms. The fourth-order valence-electron chi connectivity index (χ4n) is 9.15. The van der Waals surface area contributed by atoms with Gasteiger partial charge in [0.2, 0.25) is 0 Å². The highest BCUT2D eigenvalue weighted by Gasteiger charge is 2.66. The van der Waals surface area contributed by atoms with Gasteiger partial charge in [0.25, 0.3) is 0 Å². The molecule has 12 atom stereocenters. The Balaban J connectivity index is 1.63. The summed E-state index contributed by atoms with van der Waals surface area (Å²) in [6, 6.07) is 0. The minimum absolute atomic E-state index is 0.0540. The van der Waals surface area contributed by atoms with E-state index in [9.17, 15) is 20.1 Å². The maximum absolute atomic E-state index is 11.6. The Morgan fingerprint density at radius 3 is 2.37 bits per heavy atom. The summed E-state index contributed by atoms with van der Waals surface area (Å²) in [6.07, 6.45) is 4.91. The Labute approximate surface area is 181 Å². The van der Waals surface area contributed by atoms with Crippen molar-refractivity contribution in [3.05, 3.63) is 0 Å². The molecule has 4 aliphatic rings. The van der Waals surface area contributed by atoms with E-state index in [0.717, 1.165) is 38.5 Å². The number of carboxylic acids is 1. The zero-order valence-electron chi connectivity index (χ0n) is 19.1. The van der Waals surface area contributed by atoms with Crippen molar-refractivity contribution >= 4 is 5.97 Å². The number of carbonyl (C=O) groups is 1. The van der Waals surface area contributed by atoms with Crippen molar-refractivity contribution in [3.63, 3.8) is 0 Å². The molecular formula is C25H42O5. The molecule has 4 N–H and O–H groups in total. The van der Waals surface area contributed by atoms with Crippen molar-refractivity contribution in [3.8, 4) is 0 Å². The highest BCUT2D eigenvalue weighted by atomic mass is 16.4. The van der Waals surface area contributed by atoms with E-state index >= 15 is 0 Å². The van der Waals surface area contributed by atoms with E-state index in [1.165, 1.54) is 0 Å². The summed E-state index contributed by atoms with van der Waals surface area (Å²) in [7, 11) is 0. The Morgan fingerprint density at radius 1 is 1.00 bits per heavy atom. The molecule has 4 rings (SSSR count). The van der Waals surface area contributed by atoms with Crippen LogP contribution in [-0.2, 0) is 4.79 Å². The third-order valence-electron chi connectivity index (χ3n) is 10.9. The standard InChI is InChI=1S/C25H42O5/c1-13(5-8-22(29)30)17-6-7-18-23-19(12-21(28)25(17,18)4)24(3)14(2)9-16(26)10-15(24)11-20(23)27/h13-21,23,26-28H,5-12H2,1-4H3,(H,29,30)/t13-,14?,15+,16-,17-,18+,19+,20-,21+,23+,24+,25-/m1/s1. The summed E-state index contributed by atoms with van der Waals surface area (Å²) in [5, 5.41) is 42.4. The normalized spacial score (nSPS) is 54.0. The monoisotopic (exact) mass is 422 g/mol. The molecule has 30 heavy (non-hydrogen) atoms. The SMILES string of the molecule is CC1C[C@@H](O)C[C@H]2C[C@@H](O)[C@@H]3[C@H](C[C@H](O)[C@]4(C)[C@@H]([C@H](C)CCC(=O)O)CC[C@@H]34)[C@@]12C. The fraction of sp³-hybridized carbons (Fsp3) is 0.960. The molecule has 4 saturated carbocycles. The largest absolute Gasteiger partial charge is 0.481 e. The van der Waals surface area contributed by atoms with Crippen LogP contribution in [-0.4, -0.2) is 44.7 Å². The average molecular weight is 423 g/mol. The lowest BCUT2D eigenvalue weighted by molar-refractivity contribution is -0.220. The molecule has 0 saturated heterocycles. The predicted octanol–water partition coefficient (Wildman–Crippen LogP) is 3.69. The molecule has 0 heterocycles. The maximum Gasteiger partial charge on any atom is 0.303 e. The second kappa shape index (κ2) is 7.74. The quantitative estimate of drug-likeness (QED) is 0.554. The molecule has 0 aromatic carbocycles. The minimum Gasteiger partial charge on any atom is -0.481 e. The highest BCUT2D eigenvalue weighted by molar-refractivity contribution is 5.66. The van der Waals surface area contributed by atoms with Gasteiger partial charge < -0.3 is 20.4 Å². The smallest absolute Gasteiger partial charge is 0.303 e. The van der Waals surface area contributed by atoms with Gasteiger partial charge in [0.1, 0.15) is 0 Å². The van der Waals surface area contributed by atoms with Crippen molar-refractivity contribution in [2.45, 2.75) is 97.4 Å². The first-order valence-corrected chi connectivity index (χ1v) is 12.3. The van der Waals surface area contributed by atoms with Gasteiger partial charge in [-0.25, -0.2) is 0 Å². The summed E-state index contributed by atoms with van der Waals surface area (Å²) in [5.74, 6) is 1.29. The van der Waals surface area contributed by atoms with E-state index < -0.39 is 12.1 Å². The van der Waals surface area contributed by atoms with Crippen molar-refractivity contribution < 1.29 is 25.2 Å². The zero-order valence-corrected chi connectivity index (χ0v) is 19.1. The van der Waals surface area contributed by atoms with Crippen LogP contribution in [0.5, 0.6) is 0 Å². The van der Waals surface area contributed by atoms with Crippen LogP contribution in [0.4, 0.5) is 0 Å². The van der Waals surface area contributed by atoms with Crippen LogP contribution in [0.25, 0.3) is 0 Å². The molecule has 1 unspecified atom stereocenters. The summed E-state index contributed by atoms with van der Waals surface area (Å²) in [4.78, 5) is 11.1. The highest BCUT2D eigenvalue weighted by Crippen LogP contribution is 2.69. The van der Waals surface area contributed by atoms with Gasteiger partial charge >= 0.3 is 5.97 Å². The van der Waals surface area contributed by atoms with Gasteiger partial charge in [-0.1, -0.05) is 27.7 Å². The van der Waals surface area contributed by atoms with E-state index in [2.05, 4.69) is 27.7 Å². The van der Waals surface area contributed by atoms with Crippen LogP contribution in [0.3, 0.4) is 0 Å². The van der Waals surface area contributed by atoms with Crippen molar-refractivity contribution in [1.82, 2.24) is 0 Å². The molecule has 5 nitrogen and oxygen atoms in total. The van der Waals surface area contributed by atoms with E-state index in [1.54, 1.807) is 0 Å². The van der Waals surface area contributed by atoms with Crippen molar-refractivity contribution in [1.29, 1.82) is 0 Å². The number of hydrogen-bond donors (Lipinski definition) is 4. The molecule has 0 aromatic rings. The van der Waals surface area contributed by atoms with E-state index in [-0.39, 0.29) is 53.1 Å². The van der Waals surface area contributed by atoms with Crippen LogP contribution < -0.4 is 0 Å². The summed E-state index contributed by atoms with van der Waals surface area (Å²) >= 11 is 0. The molecule has 0 aromatic heterocycles. The van der Waals surface area contributed by atoms with Crippen LogP contribution in [0, 0.1) is 52.3 Å². The number of aliphatic hydroxyl groups is 3. The van der Waals surface area contributed by atoms with Crippen molar-refractivity contribution in [2.75, 3.05) is 0 Å². The zero-order chi connectivity index (χ0) is 22.0. The van der Waals surface area contributed by atoms with Crippen LogP contribution in [0.2, 0.25) is 0 Å². The third-order valence-corrected chi connectivity index (χ3v) is 10.9. The molecule has 0 radical (unpaired) electrons. The van der Waals surface area contributed by atoms with Gasteiger partial charge in [0, 0.05) is 6.42 Å². The Morgan fingerprint density at radius 2 is 1.70 bits per heavy atom. The van der Waals surface area contributed by atoms with Crippen LogP contribution in [0.1, 0.15) is 79.1 Å². The summed E-state index contributed by atoms with van der Waals surface area (Å²) in [6.45, 7) is 9.01. The summed E-state index contributed by atoms with van der Waals surface area (Å²) < 4.78 is 0. The van der Waals surface area contributed by atoms with Crippen LogP contribution >= 0.6 is 0 Å². The summed E-state index contributed by atoms with van der Waals surface area (Å²) in [5.41, 5.74) is -0.195. The molecule has 0 aliphatic heterocycles. The molecule has 172 valence electrons. The lowest BCUT2D eigenvalue weighted by Gasteiger charge is -2.65. The topological polar surface area (TPSA) is 98.0 Å². The second-order valence-electron chi connectivity index (χ2n) is 11.9. The molecule has 0 spiro atoms. The number of aliphatic hydroxyl groups excluding tert-OH is 3. The minimum atomic E-state index is -0.749. The van der Waals surface area contributed by atoms with E-state index in [4.69, 9.17) is 5.11 Å². The van der Waals surface area contributed by atoms with Crippen LogP contribution in [0.15, 0.2) is 0 Å². The number of aliphatic carboxylic acids is 1. The first-order valence-electron chi connectivity index (χ1n) is 12.3. The van der Waals surface area contributed by atoms with Crippen molar-refractivity contribution in [2.24, 2.45) is 52.3 Å². The number of fused-ring (bicyclic) bond motifs is 5. The first-order chi connectivity index (χ1) is 14.0. The molecule has 4 aliphatic carbocycles. The van der Waals surface area contributed by atoms with Gasteiger partial charge in [0.05, 0.1) is 18.3 Å².